The van der Waals surface area contributed by atoms with E-state index < -0.39 is 36.7 Å². The Balaban J connectivity index is 2.53. The van der Waals surface area contributed by atoms with Crippen molar-refractivity contribution in [3.63, 3.8) is 0 Å². The van der Waals surface area contributed by atoms with Gasteiger partial charge in [0, 0.05) is 10.6 Å². The maximum atomic E-state index is 12.5. The Kier molecular flexibility index (Phi) is 5.31. The van der Waals surface area contributed by atoms with Crippen molar-refractivity contribution in [1.29, 1.82) is 0 Å². The third kappa shape index (κ3) is 4.27. The highest BCUT2D eigenvalue weighted by molar-refractivity contribution is 6.30. The van der Waals surface area contributed by atoms with Crippen molar-refractivity contribution in [2.24, 2.45) is 0 Å². The number of hydrogen-bond donors (Lipinski definition) is 0. The highest BCUT2D eigenvalue weighted by Gasteiger charge is 2.39. The van der Waals surface area contributed by atoms with E-state index in [1.165, 1.54) is 24.3 Å². The van der Waals surface area contributed by atoms with E-state index in [4.69, 9.17) is 11.6 Å². The number of rotatable bonds is 5. The molecule has 0 radical (unpaired) electrons. The van der Waals surface area contributed by atoms with Crippen molar-refractivity contribution in [3.8, 4) is 11.4 Å². The van der Waals surface area contributed by atoms with Crippen molar-refractivity contribution in [1.82, 2.24) is 14.3 Å². The predicted molar refractivity (Wildman–Crippen MR) is 80.0 cm³/mol. The van der Waals surface area contributed by atoms with Crippen LogP contribution >= 0.6 is 11.6 Å². The second-order valence-electron chi connectivity index (χ2n) is 4.85. The van der Waals surface area contributed by atoms with Crippen LogP contribution < -0.4 is 5.69 Å². The number of ether oxygens (including phenoxy) is 1. The Morgan fingerprint density at radius 3 is 2.32 bits per heavy atom. The van der Waals surface area contributed by atoms with Crippen molar-refractivity contribution in [2.45, 2.75) is 19.3 Å². The van der Waals surface area contributed by atoms with Gasteiger partial charge in [-0.25, -0.2) is 9.48 Å². The molecule has 0 bridgehead atoms. The third-order valence-corrected chi connectivity index (χ3v) is 3.40. The van der Waals surface area contributed by atoms with Crippen LogP contribution in [0.3, 0.4) is 0 Å². The quantitative estimate of drug-likeness (QED) is 0.740. The monoisotopic (exact) mass is 377 g/mol. The minimum Gasteiger partial charge on any atom is -0.468 e. The Morgan fingerprint density at radius 1 is 1.20 bits per heavy atom. The molecule has 0 unspecified atom stereocenters. The lowest BCUT2D eigenvalue weighted by atomic mass is 10.2. The molecule has 2 aromatic rings. The summed E-state index contributed by atoms with van der Waals surface area (Å²) in [6.07, 6.45) is -5.11. The Hall–Kier alpha value is -2.62. The first-order chi connectivity index (χ1) is 11.6. The van der Waals surface area contributed by atoms with Gasteiger partial charge >= 0.3 is 17.8 Å². The molecule has 0 saturated heterocycles. The van der Waals surface area contributed by atoms with Gasteiger partial charge in [0.25, 0.3) is 5.78 Å². The number of aromatic nitrogens is 3. The van der Waals surface area contributed by atoms with Crippen LogP contribution in [-0.4, -0.2) is 39.4 Å². The van der Waals surface area contributed by atoms with Gasteiger partial charge < -0.3 is 4.74 Å². The van der Waals surface area contributed by atoms with E-state index in [0.717, 1.165) is 7.11 Å². The van der Waals surface area contributed by atoms with E-state index in [-0.39, 0.29) is 11.4 Å². The molecule has 0 amide bonds. The third-order valence-electron chi connectivity index (χ3n) is 3.15. The van der Waals surface area contributed by atoms with E-state index in [0.29, 0.717) is 14.3 Å². The van der Waals surface area contributed by atoms with Gasteiger partial charge in [0.1, 0.15) is 6.54 Å². The average molecular weight is 378 g/mol. The van der Waals surface area contributed by atoms with Crippen LogP contribution in [0.15, 0.2) is 29.1 Å². The molecule has 1 heterocycles. The molecule has 1 aromatic carbocycles. The minimum atomic E-state index is -5.11. The van der Waals surface area contributed by atoms with E-state index >= 15 is 0 Å². The van der Waals surface area contributed by atoms with E-state index in [1.54, 1.807) is 0 Å². The molecule has 0 saturated carbocycles. The number of alkyl halides is 3. The number of methoxy groups -OCH3 is 1. The molecule has 0 aliphatic heterocycles. The summed E-state index contributed by atoms with van der Waals surface area (Å²) in [6.45, 7) is -1.87. The number of esters is 1. The predicted octanol–water partition coefficient (Wildman–Crippen LogP) is 1.67. The number of halogens is 4. The average Bonchev–Trinajstić information content (AvgIpc) is 2.84. The molecule has 25 heavy (non-hydrogen) atoms. The van der Waals surface area contributed by atoms with E-state index in [1.807, 2.05) is 0 Å². The smallest absolute Gasteiger partial charge is 0.451 e. The first-order valence-electron chi connectivity index (χ1n) is 6.74. The summed E-state index contributed by atoms with van der Waals surface area (Å²) < 4.78 is 43.2. The van der Waals surface area contributed by atoms with Crippen LogP contribution in [0.4, 0.5) is 13.2 Å². The van der Waals surface area contributed by atoms with Crippen LogP contribution in [-0.2, 0) is 27.4 Å². The minimum absolute atomic E-state index is 0.205. The van der Waals surface area contributed by atoms with Crippen molar-refractivity contribution >= 4 is 23.4 Å². The lowest BCUT2D eigenvalue weighted by Gasteiger charge is -2.07. The van der Waals surface area contributed by atoms with Gasteiger partial charge in [0.05, 0.1) is 13.7 Å². The molecule has 2 rings (SSSR count). The normalized spacial score (nSPS) is 11.4. The lowest BCUT2D eigenvalue weighted by Crippen LogP contribution is -2.34. The standard InChI is InChI=1S/C14H11ClF3N3O4/c1-25-11(23)7-21-13(24)20(6-10(22)14(16,17)18)12(19-21)8-2-4-9(15)5-3-8/h2-5H,6-7H2,1H3. The maximum absolute atomic E-state index is 12.5. The molecular formula is C14H11ClF3N3O4. The zero-order valence-electron chi connectivity index (χ0n) is 12.7. The van der Waals surface area contributed by atoms with Gasteiger partial charge in [-0.15, -0.1) is 5.10 Å². The van der Waals surface area contributed by atoms with Crippen molar-refractivity contribution in [3.05, 3.63) is 39.8 Å². The second kappa shape index (κ2) is 7.09. The van der Waals surface area contributed by atoms with Crippen molar-refractivity contribution in [2.75, 3.05) is 7.11 Å². The topological polar surface area (TPSA) is 83.2 Å². The van der Waals surface area contributed by atoms with Gasteiger partial charge in [-0.2, -0.15) is 13.2 Å². The van der Waals surface area contributed by atoms with Crippen LogP contribution in [0, 0.1) is 0 Å². The van der Waals surface area contributed by atoms with Crippen LogP contribution in [0.1, 0.15) is 0 Å². The number of carbonyl (C=O) groups is 2. The van der Waals surface area contributed by atoms with Gasteiger partial charge in [0.15, 0.2) is 5.82 Å². The zero-order valence-corrected chi connectivity index (χ0v) is 13.5. The molecule has 134 valence electrons. The summed E-state index contributed by atoms with van der Waals surface area (Å²) in [7, 11) is 1.08. The first kappa shape index (κ1) is 18.7. The Labute approximate surface area is 143 Å². The highest BCUT2D eigenvalue weighted by atomic mass is 35.5. The number of Topliss-reactive ketones (excluding diaryl/α,β-unsaturated/α-hetero) is 1. The molecule has 0 spiro atoms. The van der Waals surface area contributed by atoms with Crippen LogP contribution in [0.2, 0.25) is 5.02 Å². The summed E-state index contributed by atoms with van der Waals surface area (Å²) in [5.74, 6) is -3.15. The highest BCUT2D eigenvalue weighted by Crippen LogP contribution is 2.21. The van der Waals surface area contributed by atoms with Crippen LogP contribution in [0.25, 0.3) is 11.4 Å². The first-order valence-corrected chi connectivity index (χ1v) is 7.11. The number of nitrogens with zero attached hydrogens (tertiary/aromatic N) is 3. The maximum Gasteiger partial charge on any atom is 0.451 e. The summed E-state index contributed by atoms with van der Waals surface area (Å²) in [6, 6.07) is 5.72. The van der Waals surface area contributed by atoms with E-state index in [2.05, 4.69) is 9.84 Å². The molecule has 0 atom stereocenters. The molecule has 7 nitrogen and oxygen atoms in total. The SMILES string of the molecule is COC(=O)Cn1nc(-c2ccc(Cl)cc2)n(CC(=O)C(F)(F)F)c1=O. The summed E-state index contributed by atoms with van der Waals surface area (Å²) in [4.78, 5) is 34.9. The van der Waals surface area contributed by atoms with E-state index in [9.17, 15) is 27.6 Å². The number of benzene rings is 1. The van der Waals surface area contributed by atoms with Gasteiger partial charge in [-0.05, 0) is 24.3 Å². The van der Waals surface area contributed by atoms with Gasteiger partial charge in [-0.3, -0.25) is 14.2 Å². The molecule has 0 fully saturated rings. The molecular weight excluding hydrogens is 367 g/mol. The molecule has 0 aliphatic carbocycles. The molecule has 0 aliphatic rings. The number of hydrogen-bond acceptors (Lipinski definition) is 5. The number of carbonyl (C=O) groups excluding carboxylic acids is 2. The molecule has 11 heteroatoms. The summed E-state index contributed by atoms with van der Waals surface area (Å²) in [5.41, 5.74) is -0.798. The van der Waals surface area contributed by atoms with Crippen LogP contribution in [0.5, 0.6) is 0 Å². The van der Waals surface area contributed by atoms with Crippen molar-refractivity contribution < 1.29 is 27.5 Å². The Morgan fingerprint density at radius 2 is 1.80 bits per heavy atom. The fourth-order valence-electron chi connectivity index (χ4n) is 1.92. The summed E-state index contributed by atoms with van der Waals surface area (Å²) in [5, 5.41) is 4.20. The second-order valence-corrected chi connectivity index (χ2v) is 5.29. The Bertz CT molecular complexity index is 856. The zero-order chi connectivity index (χ0) is 18.8. The summed E-state index contributed by atoms with van der Waals surface area (Å²) >= 11 is 5.75. The molecule has 1 aromatic heterocycles. The molecule has 0 N–H and O–H groups in total. The van der Waals surface area contributed by atoms with Gasteiger partial charge in [0.2, 0.25) is 0 Å². The fraction of sp³-hybridized carbons (Fsp3) is 0.286. The van der Waals surface area contributed by atoms with Gasteiger partial charge in [-0.1, -0.05) is 11.6 Å². The number of ketones is 1. The largest absolute Gasteiger partial charge is 0.468 e. The lowest BCUT2D eigenvalue weighted by molar-refractivity contribution is -0.171. The fourth-order valence-corrected chi connectivity index (χ4v) is 2.05.